The monoisotopic (exact) mass is 506 g/mol. The first kappa shape index (κ1) is 29.7. The van der Waals surface area contributed by atoms with Crippen molar-refractivity contribution in [3.8, 4) is 0 Å². The molecule has 0 aromatic rings. The van der Waals surface area contributed by atoms with Gasteiger partial charge in [0.2, 0.25) is 0 Å². The molecule has 3 nitrogen and oxygen atoms in total. The van der Waals surface area contributed by atoms with Crippen LogP contribution in [0.3, 0.4) is 0 Å². The molecule has 0 radical (unpaired) electrons. The molecule has 0 aromatic carbocycles. The number of allylic oxidation sites excluding steroid dienone is 2. The first-order chi connectivity index (χ1) is 15.6. The van der Waals surface area contributed by atoms with Gasteiger partial charge in [-0.1, -0.05) is 73.1 Å². The third-order valence-electron chi connectivity index (χ3n) is 8.07. The van der Waals surface area contributed by atoms with Crippen molar-refractivity contribution in [1.29, 1.82) is 0 Å². The highest BCUT2D eigenvalue weighted by molar-refractivity contribution is 6.49. The molecule has 0 aliphatic heterocycles. The zero-order valence-electron chi connectivity index (χ0n) is 24.0. The van der Waals surface area contributed by atoms with Gasteiger partial charge in [0.1, 0.15) is 5.60 Å². The first-order valence-electron chi connectivity index (χ1n) is 13.8. The summed E-state index contributed by atoms with van der Waals surface area (Å²) in [5.74, 6) is 1.77. The number of unbranched alkanes of at least 4 members (excludes halogenated alkanes) is 2. The standard InChI is InChI=1S/C29H54O3Si2/c1-21-19-24-23(25(28(5,6)7)20-29(24,26(21)30)32-34(10)11)17-16-22(27(2,3)4)15-13-12-14-18-31-33(8)9/h16-17,22-25,33-34H,1,12-15,18-20H2,2-11H3/t22-,23+,24-,25+,29-/m0/s1. The maximum Gasteiger partial charge on any atom is 0.189 e. The largest absolute Gasteiger partial charge is 0.421 e. The van der Waals surface area contributed by atoms with Crippen molar-refractivity contribution in [3.05, 3.63) is 24.3 Å². The number of fused-ring (bicyclic) bond motifs is 1. The topological polar surface area (TPSA) is 35.5 Å². The van der Waals surface area contributed by atoms with Gasteiger partial charge in [0.05, 0.1) is 0 Å². The molecule has 0 aromatic heterocycles. The van der Waals surface area contributed by atoms with E-state index in [0.717, 1.165) is 25.0 Å². The summed E-state index contributed by atoms with van der Waals surface area (Å²) < 4.78 is 12.5. The molecule has 2 aliphatic rings. The fourth-order valence-corrected chi connectivity index (χ4v) is 8.09. The van der Waals surface area contributed by atoms with Crippen LogP contribution in [-0.4, -0.2) is 36.1 Å². The molecular formula is C29H54O3Si2. The Kier molecular flexibility index (Phi) is 10.2. The Morgan fingerprint density at radius 3 is 2.24 bits per heavy atom. The summed E-state index contributed by atoms with van der Waals surface area (Å²) in [4.78, 5) is 13.4. The average Bonchev–Trinajstić information content (AvgIpc) is 3.10. The van der Waals surface area contributed by atoms with E-state index in [1.807, 2.05) is 0 Å². The van der Waals surface area contributed by atoms with Crippen LogP contribution in [0.5, 0.6) is 0 Å². The minimum atomic E-state index is -1.37. The fraction of sp³-hybridized carbons (Fsp3) is 0.828. The van der Waals surface area contributed by atoms with Gasteiger partial charge in [-0.3, -0.25) is 4.79 Å². The van der Waals surface area contributed by atoms with Crippen molar-refractivity contribution in [2.75, 3.05) is 6.61 Å². The van der Waals surface area contributed by atoms with E-state index in [1.165, 1.54) is 25.7 Å². The summed E-state index contributed by atoms with van der Waals surface area (Å²) in [6.07, 6.45) is 11.5. The molecule has 0 saturated heterocycles. The highest BCUT2D eigenvalue weighted by Gasteiger charge is 2.63. The molecule has 0 bridgehead atoms. The van der Waals surface area contributed by atoms with Crippen LogP contribution in [0.25, 0.3) is 0 Å². The highest BCUT2D eigenvalue weighted by Crippen LogP contribution is 2.59. The van der Waals surface area contributed by atoms with E-state index < -0.39 is 23.7 Å². The summed E-state index contributed by atoms with van der Waals surface area (Å²) in [5, 5.41) is 0. The Morgan fingerprint density at radius 1 is 1.06 bits per heavy atom. The van der Waals surface area contributed by atoms with Gasteiger partial charge in [0.15, 0.2) is 23.9 Å². The predicted octanol–water partition coefficient (Wildman–Crippen LogP) is 7.33. The normalized spacial score (nSPS) is 29.1. The smallest absolute Gasteiger partial charge is 0.189 e. The number of hydrogen-bond donors (Lipinski definition) is 0. The van der Waals surface area contributed by atoms with Crippen LogP contribution in [0.2, 0.25) is 26.2 Å². The Balaban J connectivity index is 2.22. The van der Waals surface area contributed by atoms with E-state index in [0.29, 0.717) is 17.8 Å². The average molecular weight is 507 g/mol. The molecule has 2 rings (SSSR count). The van der Waals surface area contributed by atoms with Crippen LogP contribution >= 0.6 is 0 Å². The van der Waals surface area contributed by atoms with Gasteiger partial charge in [-0.05, 0) is 86.0 Å². The van der Waals surface area contributed by atoms with Gasteiger partial charge in [-0.15, -0.1) is 0 Å². The zero-order chi connectivity index (χ0) is 25.9. The lowest BCUT2D eigenvalue weighted by atomic mass is 9.71. The third-order valence-corrected chi connectivity index (χ3v) is 9.86. The van der Waals surface area contributed by atoms with Gasteiger partial charge in [0.25, 0.3) is 0 Å². The van der Waals surface area contributed by atoms with Crippen molar-refractivity contribution in [2.45, 2.75) is 112 Å². The summed E-state index contributed by atoms with van der Waals surface area (Å²) in [5.41, 5.74) is 0.513. The summed E-state index contributed by atoms with van der Waals surface area (Å²) in [6, 6.07) is 0. The molecule has 196 valence electrons. The second-order valence-corrected chi connectivity index (χ2v) is 18.4. The minimum Gasteiger partial charge on any atom is -0.421 e. The molecule has 0 unspecified atom stereocenters. The van der Waals surface area contributed by atoms with E-state index in [9.17, 15) is 4.79 Å². The molecular weight excluding hydrogens is 452 g/mol. The number of Topliss-reactive ketones (excluding diaryl/α,β-unsaturated/α-hetero) is 1. The van der Waals surface area contributed by atoms with Gasteiger partial charge >= 0.3 is 0 Å². The van der Waals surface area contributed by atoms with Gasteiger partial charge in [-0.2, -0.15) is 0 Å². The van der Waals surface area contributed by atoms with Crippen LogP contribution in [0.1, 0.15) is 80.1 Å². The molecule has 0 heterocycles. The van der Waals surface area contributed by atoms with Crippen LogP contribution in [-0.2, 0) is 13.6 Å². The second-order valence-electron chi connectivity index (χ2n) is 13.7. The first-order valence-corrected chi connectivity index (χ1v) is 19.4. The molecule has 2 fully saturated rings. The van der Waals surface area contributed by atoms with E-state index in [4.69, 9.17) is 8.85 Å². The van der Waals surface area contributed by atoms with E-state index in [2.05, 4.69) is 86.5 Å². The number of ketones is 1. The Bertz CT molecular complexity index is 729. The number of carbonyl (C=O) groups is 1. The van der Waals surface area contributed by atoms with Gasteiger partial charge < -0.3 is 8.85 Å². The summed E-state index contributed by atoms with van der Waals surface area (Å²) in [6.45, 7) is 28.1. The summed E-state index contributed by atoms with van der Waals surface area (Å²) in [7, 11) is -2.27. The van der Waals surface area contributed by atoms with Crippen LogP contribution in [0.4, 0.5) is 0 Å². The van der Waals surface area contributed by atoms with Crippen LogP contribution in [0.15, 0.2) is 24.3 Å². The molecule has 0 spiro atoms. The lowest BCUT2D eigenvalue weighted by Crippen LogP contribution is -2.44. The third kappa shape index (κ3) is 7.27. The number of carbonyl (C=O) groups excluding carboxylic acids is 1. The fourth-order valence-electron chi connectivity index (χ4n) is 6.23. The maximum atomic E-state index is 13.4. The van der Waals surface area contributed by atoms with Gasteiger partial charge in [0, 0.05) is 12.5 Å². The molecule has 5 atom stereocenters. The molecule has 0 amide bonds. The lowest BCUT2D eigenvalue weighted by Gasteiger charge is -2.34. The van der Waals surface area contributed by atoms with Crippen molar-refractivity contribution in [3.63, 3.8) is 0 Å². The second kappa shape index (κ2) is 11.7. The minimum absolute atomic E-state index is 0.132. The number of rotatable bonds is 11. The van der Waals surface area contributed by atoms with E-state index >= 15 is 0 Å². The number of hydrogen-bond acceptors (Lipinski definition) is 3. The highest BCUT2D eigenvalue weighted by atomic mass is 28.3. The Morgan fingerprint density at radius 2 is 1.71 bits per heavy atom. The Labute approximate surface area is 214 Å². The van der Waals surface area contributed by atoms with Crippen molar-refractivity contribution >= 4 is 23.9 Å². The zero-order valence-corrected chi connectivity index (χ0v) is 26.3. The summed E-state index contributed by atoms with van der Waals surface area (Å²) >= 11 is 0. The molecule has 5 heteroatoms. The predicted molar refractivity (Wildman–Crippen MR) is 151 cm³/mol. The van der Waals surface area contributed by atoms with Crippen molar-refractivity contribution < 1.29 is 13.6 Å². The van der Waals surface area contributed by atoms with E-state index in [1.54, 1.807) is 0 Å². The SMILES string of the molecule is C=C1C[C@H]2[C@@H](C=C[C@H](CCCCCO[SiH](C)C)C(C)(C)C)[C@H](C(C)(C)C)C[C@@]2(O[SiH](C)C)C1=O. The molecule has 34 heavy (non-hydrogen) atoms. The quantitative estimate of drug-likeness (QED) is 0.127. The van der Waals surface area contributed by atoms with E-state index in [-0.39, 0.29) is 22.5 Å². The van der Waals surface area contributed by atoms with Crippen LogP contribution < -0.4 is 0 Å². The molecule has 0 N–H and O–H groups in total. The Hall–Kier alpha value is -0.496. The van der Waals surface area contributed by atoms with Crippen LogP contribution in [0, 0.1) is 34.5 Å². The molecule has 2 aliphatic carbocycles. The maximum absolute atomic E-state index is 13.4. The molecule has 2 saturated carbocycles. The van der Waals surface area contributed by atoms with Crippen molar-refractivity contribution in [2.24, 2.45) is 34.5 Å². The lowest BCUT2D eigenvalue weighted by molar-refractivity contribution is -0.130. The van der Waals surface area contributed by atoms with Gasteiger partial charge in [-0.25, -0.2) is 0 Å². The van der Waals surface area contributed by atoms with Crippen molar-refractivity contribution in [1.82, 2.24) is 0 Å².